The van der Waals surface area contributed by atoms with Crippen LogP contribution in [0.5, 0.6) is 0 Å². The maximum atomic E-state index is 13.0. The second kappa shape index (κ2) is 9.37. The molecule has 1 saturated carbocycles. The highest BCUT2D eigenvalue weighted by Crippen LogP contribution is 2.33. The van der Waals surface area contributed by atoms with E-state index in [1.165, 1.54) is 28.6 Å². The fourth-order valence-electron chi connectivity index (χ4n) is 3.61. The van der Waals surface area contributed by atoms with Crippen LogP contribution < -0.4 is 0 Å². The summed E-state index contributed by atoms with van der Waals surface area (Å²) in [6.07, 6.45) is 1.99. The number of benzene rings is 1. The molecule has 0 spiro atoms. The van der Waals surface area contributed by atoms with Gasteiger partial charge in [0.25, 0.3) is 0 Å². The van der Waals surface area contributed by atoms with Crippen LogP contribution in [0.1, 0.15) is 46.5 Å². The topological polar surface area (TPSA) is 97.8 Å². The van der Waals surface area contributed by atoms with Crippen molar-refractivity contribution in [1.82, 2.24) is 4.31 Å². The molecular formula is C19H29NO6S2. The van der Waals surface area contributed by atoms with Crippen molar-refractivity contribution in [1.29, 1.82) is 0 Å². The first-order valence-corrected chi connectivity index (χ1v) is 12.7. The van der Waals surface area contributed by atoms with Gasteiger partial charge in [-0.1, -0.05) is 20.3 Å². The summed E-state index contributed by atoms with van der Waals surface area (Å²) in [5.74, 6) is -0.751. The van der Waals surface area contributed by atoms with E-state index >= 15 is 0 Å². The molecule has 0 aliphatic heterocycles. The van der Waals surface area contributed by atoms with Gasteiger partial charge in [0.05, 0.1) is 27.6 Å². The van der Waals surface area contributed by atoms with Crippen molar-refractivity contribution < 1.29 is 26.4 Å². The Kier molecular flexibility index (Phi) is 7.64. The first-order chi connectivity index (χ1) is 13.2. The minimum Gasteiger partial charge on any atom is -0.466 e. The third-order valence-electron chi connectivity index (χ3n) is 5.18. The van der Waals surface area contributed by atoms with Gasteiger partial charge in [0.1, 0.15) is 0 Å². The summed E-state index contributed by atoms with van der Waals surface area (Å²) in [7, 11) is -7.29. The van der Waals surface area contributed by atoms with Crippen molar-refractivity contribution in [3.05, 3.63) is 24.3 Å². The fraction of sp³-hybridized carbons (Fsp3) is 0.632. The van der Waals surface area contributed by atoms with Crippen molar-refractivity contribution in [3.8, 4) is 0 Å². The Bertz CT molecular complexity index is 874. The molecule has 0 radical (unpaired) electrons. The number of hydrogen-bond donors (Lipinski definition) is 0. The van der Waals surface area contributed by atoms with E-state index in [1.807, 2.05) is 0 Å². The number of ether oxygens (including phenoxy) is 1. The van der Waals surface area contributed by atoms with Crippen molar-refractivity contribution in [2.24, 2.45) is 5.92 Å². The molecule has 158 valence electrons. The zero-order valence-corrected chi connectivity index (χ0v) is 18.3. The summed E-state index contributed by atoms with van der Waals surface area (Å²) in [5, 5.41) is -0.666. The summed E-state index contributed by atoms with van der Waals surface area (Å²) >= 11 is 0. The molecular weight excluding hydrogens is 402 g/mol. The Hall–Kier alpha value is -1.45. The molecule has 9 heteroatoms. The van der Waals surface area contributed by atoms with Crippen molar-refractivity contribution >= 4 is 25.8 Å². The Labute approximate surface area is 168 Å². The number of rotatable bonds is 8. The summed E-state index contributed by atoms with van der Waals surface area (Å²) in [6.45, 7) is 6.19. The van der Waals surface area contributed by atoms with E-state index in [9.17, 15) is 21.6 Å². The average Bonchev–Trinajstić information content (AvgIpc) is 2.69. The fourth-order valence-corrected chi connectivity index (χ4v) is 6.93. The van der Waals surface area contributed by atoms with Gasteiger partial charge in [0, 0.05) is 13.1 Å². The molecule has 0 amide bonds. The largest absolute Gasteiger partial charge is 0.466 e. The van der Waals surface area contributed by atoms with E-state index in [4.69, 9.17) is 4.74 Å². The van der Waals surface area contributed by atoms with Gasteiger partial charge in [0.15, 0.2) is 9.84 Å². The first kappa shape index (κ1) is 22.8. The highest BCUT2D eigenvalue weighted by atomic mass is 32.2. The van der Waals surface area contributed by atoms with Crippen LogP contribution in [0.3, 0.4) is 0 Å². The van der Waals surface area contributed by atoms with Crippen LogP contribution in [0.4, 0.5) is 0 Å². The zero-order chi connectivity index (χ0) is 20.9. The van der Waals surface area contributed by atoms with E-state index in [0.29, 0.717) is 32.4 Å². The van der Waals surface area contributed by atoms with Gasteiger partial charge in [-0.3, -0.25) is 4.79 Å². The third kappa shape index (κ3) is 4.75. The highest BCUT2D eigenvalue weighted by molar-refractivity contribution is 7.92. The normalized spacial score (nSPS) is 20.9. The average molecular weight is 432 g/mol. The van der Waals surface area contributed by atoms with Gasteiger partial charge in [-0.15, -0.1) is 0 Å². The number of hydrogen-bond acceptors (Lipinski definition) is 6. The predicted molar refractivity (Wildman–Crippen MR) is 106 cm³/mol. The first-order valence-electron chi connectivity index (χ1n) is 9.69. The maximum absolute atomic E-state index is 13.0. The number of carbonyl (C=O) groups excluding carboxylic acids is 1. The molecule has 2 atom stereocenters. The maximum Gasteiger partial charge on any atom is 0.308 e. The SMILES string of the molecule is CCOC(=O)[C@@H]1CCC[C@H](S(=O)(=O)c2ccc(S(=O)(=O)N(CC)CC)cc2)C1. The minimum absolute atomic E-state index is 0.0724. The second-order valence-corrected chi connectivity index (χ2v) is 11.0. The smallest absolute Gasteiger partial charge is 0.308 e. The Morgan fingerprint density at radius 3 is 2.11 bits per heavy atom. The number of sulfonamides is 1. The molecule has 28 heavy (non-hydrogen) atoms. The quantitative estimate of drug-likeness (QED) is 0.587. The van der Waals surface area contributed by atoms with Gasteiger partial charge < -0.3 is 4.74 Å². The third-order valence-corrected chi connectivity index (χ3v) is 9.48. The van der Waals surface area contributed by atoms with Crippen LogP contribution in [-0.2, 0) is 29.4 Å². The number of carbonyl (C=O) groups is 1. The Morgan fingerprint density at radius 2 is 1.57 bits per heavy atom. The minimum atomic E-state index is -3.65. The lowest BCUT2D eigenvalue weighted by molar-refractivity contribution is -0.149. The molecule has 0 aromatic heterocycles. The highest BCUT2D eigenvalue weighted by Gasteiger charge is 2.36. The molecule has 0 unspecified atom stereocenters. The molecule has 1 aliphatic rings. The zero-order valence-electron chi connectivity index (χ0n) is 16.6. The van der Waals surface area contributed by atoms with Crippen molar-refractivity contribution in [2.45, 2.75) is 61.5 Å². The number of esters is 1. The van der Waals surface area contributed by atoms with Crippen LogP contribution in [0.15, 0.2) is 34.1 Å². The molecule has 2 rings (SSSR count). The molecule has 1 aliphatic carbocycles. The lowest BCUT2D eigenvalue weighted by Crippen LogP contribution is -2.32. The van der Waals surface area contributed by atoms with Crippen molar-refractivity contribution in [2.75, 3.05) is 19.7 Å². The molecule has 0 N–H and O–H groups in total. The van der Waals surface area contributed by atoms with E-state index in [0.717, 1.165) is 0 Å². The van der Waals surface area contributed by atoms with Gasteiger partial charge in [-0.2, -0.15) is 4.31 Å². The molecule has 1 aromatic rings. The van der Waals surface area contributed by atoms with Gasteiger partial charge in [-0.05, 0) is 50.5 Å². The Morgan fingerprint density at radius 1 is 1.00 bits per heavy atom. The van der Waals surface area contributed by atoms with Crippen LogP contribution in [0.25, 0.3) is 0 Å². The predicted octanol–water partition coefficient (Wildman–Crippen LogP) is 2.61. The summed E-state index contributed by atoms with van der Waals surface area (Å²) < 4.78 is 57.5. The van der Waals surface area contributed by atoms with Gasteiger partial charge in [0.2, 0.25) is 10.0 Å². The molecule has 0 heterocycles. The van der Waals surface area contributed by atoms with Crippen LogP contribution in [0, 0.1) is 5.92 Å². The van der Waals surface area contributed by atoms with E-state index in [1.54, 1.807) is 20.8 Å². The van der Waals surface area contributed by atoms with Crippen LogP contribution >= 0.6 is 0 Å². The Balaban J connectivity index is 2.23. The summed E-state index contributed by atoms with van der Waals surface area (Å²) in [5.41, 5.74) is 0. The number of sulfone groups is 1. The summed E-state index contributed by atoms with van der Waals surface area (Å²) in [4.78, 5) is 12.2. The molecule has 7 nitrogen and oxygen atoms in total. The van der Waals surface area contributed by atoms with Gasteiger partial charge in [-0.25, -0.2) is 16.8 Å². The van der Waals surface area contributed by atoms with E-state index < -0.39 is 31.0 Å². The lowest BCUT2D eigenvalue weighted by atomic mass is 9.89. The van der Waals surface area contributed by atoms with E-state index in [-0.39, 0.29) is 28.8 Å². The summed E-state index contributed by atoms with van der Waals surface area (Å²) in [6, 6.07) is 5.37. The number of nitrogens with zero attached hydrogens (tertiary/aromatic N) is 1. The van der Waals surface area contributed by atoms with Crippen molar-refractivity contribution in [3.63, 3.8) is 0 Å². The molecule has 1 aromatic carbocycles. The standard InChI is InChI=1S/C19H29NO6S2/c1-4-20(5-2)28(24,25)17-12-10-16(11-13-17)27(22,23)18-9-7-8-15(14-18)19(21)26-6-3/h10-13,15,18H,4-9,14H2,1-3H3/t15-,18+/m1/s1. The molecule has 1 fully saturated rings. The second-order valence-electron chi connectivity index (χ2n) is 6.84. The van der Waals surface area contributed by atoms with Gasteiger partial charge >= 0.3 is 5.97 Å². The van der Waals surface area contributed by atoms with Crippen LogP contribution in [0.2, 0.25) is 0 Å². The lowest BCUT2D eigenvalue weighted by Gasteiger charge is -2.27. The van der Waals surface area contributed by atoms with E-state index in [2.05, 4.69) is 0 Å². The molecule has 0 bridgehead atoms. The molecule has 0 saturated heterocycles. The van der Waals surface area contributed by atoms with Crippen LogP contribution in [-0.4, -0.2) is 52.1 Å². The monoisotopic (exact) mass is 431 g/mol.